The second-order valence-electron chi connectivity index (χ2n) is 5.16. The maximum absolute atomic E-state index is 12.3. The number of rotatable bonds is 4. The van der Waals surface area contributed by atoms with Crippen LogP contribution in [-0.4, -0.2) is 29.1 Å². The number of hydrogen-bond acceptors (Lipinski definition) is 6. The summed E-state index contributed by atoms with van der Waals surface area (Å²) in [6, 6.07) is 3.38. The van der Waals surface area contributed by atoms with E-state index >= 15 is 0 Å². The van der Waals surface area contributed by atoms with Crippen molar-refractivity contribution < 1.29 is 4.92 Å². The molecule has 0 spiro atoms. The first-order valence-corrected chi connectivity index (χ1v) is 7.54. The van der Waals surface area contributed by atoms with Gasteiger partial charge in [-0.15, -0.1) is 5.10 Å². The number of aromatic nitrogens is 5. The average molecular weight is 349 g/mol. The monoisotopic (exact) mass is 348 g/mol. The Morgan fingerprint density at radius 3 is 2.71 bits per heavy atom. The van der Waals surface area contributed by atoms with Gasteiger partial charge in [0.1, 0.15) is 10.8 Å². The van der Waals surface area contributed by atoms with Crippen LogP contribution >= 0.6 is 11.6 Å². The molecule has 0 aliphatic rings. The van der Waals surface area contributed by atoms with E-state index in [1.54, 1.807) is 22.9 Å². The molecule has 3 aromatic heterocycles. The summed E-state index contributed by atoms with van der Waals surface area (Å²) in [7, 11) is 0. The lowest BCUT2D eigenvalue weighted by Gasteiger charge is -2.11. The van der Waals surface area contributed by atoms with E-state index in [1.165, 1.54) is 6.92 Å². The van der Waals surface area contributed by atoms with Crippen LogP contribution in [-0.2, 0) is 13.0 Å². The summed E-state index contributed by atoms with van der Waals surface area (Å²) in [4.78, 5) is 31.3. The summed E-state index contributed by atoms with van der Waals surface area (Å²) in [5.74, 6) is 0.699. The predicted molar refractivity (Wildman–Crippen MR) is 86.4 cm³/mol. The van der Waals surface area contributed by atoms with Crippen LogP contribution in [0.4, 0.5) is 5.69 Å². The number of nitro groups is 1. The van der Waals surface area contributed by atoms with Gasteiger partial charge in [-0.1, -0.05) is 24.6 Å². The van der Waals surface area contributed by atoms with Gasteiger partial charge in [0.25, 0.3) is 0 Å². The van der Waals surface area contributed by atoms with Gasteiger partial charge in [-0.25, -0.2) is 4.98 Å². The summed E-state index contributed by atoms with van der Waals surface area (Å²) < 4.78 is 2.56. The van der Waals surface area contributed by atoms with Gasteiger partial charge in [0.15, 0.2) is 5.82 Å². The van der Waals surface area contributed by atoms with Crippen molar-refractivity contribution in [2.45, 2.75) is 26.8 Å². The summed E-state index contributed by atoms with van der Waals surface area (Å²) >= 11 is 5.78. The molecular formula is C14H13ClN6O3. The van der Waals surface area contributed by atoms with Crippen molar-refractivity contribution in [2.75, 3.05) is 0 Å². The molecule has 3 aromatic rings. The highest BCUT2D eigenvalue weighted by Gasteiger charge is 2.25. The highest BCUT2D eigenvalue weighted by atomic mass is 35.5. The zero-order valence-electron chi connectivity index (χ0n) is 12.9. The molecule has 9 nitrogen and oxygen atoms in total. The third-order valence-electron chi connectivity index (χ3n) is 3.65. The second kappa shape index (κ2) is 6.00. The van der Waals surface area contributed by atoms with Crippen LogP contribution in [0.25, 0.3) is 5.78 Å². The Bertz CT molecular complexity index is 992. The van der Waals surface area contributed by atoms with Gasteiger partial charge in [0, 0.05) is 12.6 Å². The number of aryl methyl sites for hydroxylation is 1. The SMILES string of the molecule is CCc1nc2n(Cc3ccc(Cl)nc3)c(C)c([N+](=O)[O-])c(=O)n2n1. The van der Waals surface area contributed by atoms with Crippen LogP contribution in [0, 0.1) is 17.0 Å². The predicted octanol–water partition coefficient (Wildman–Crippen LogP) is 1.77. The molecule has 0 saturated carbocycles. The fraction of sp³-hybridized carbons (Fsp3) is 0.286. The molecule has 0 bridgehead atoms. The van der Waals surface area contributed by atoms with Crippen molar-refractivity contribution in [3.63, 3.8) is 0 Å². The highest BCUT2D eigenvalue weighted by Crippen LogP contribution is 2.17. The van der Waals surface area contributed by atoms with Crippen molar-refractivity contribution in [3.8, 4) is 0 Å². The minimum absolute atomic E-state index is 0.211. The summed E-state index contributed by atoms with van der Waals surface area (Å²) in [5.41, 5.74) is -0.326. The number of fused-ring (bicyclic) bond motifs is 1. The molecule has 24 heavy (non-hydrogen) atoms. The van der Waals surface area contributed by atoms with Crippen molar-refractivity contribution in [1.82, 2.24) is 24.1 Å². The maximum atomic E-state index is 12.3. The first kappa shape index (κ1) is 16.1. The van der Waals surface area contributed by atoms with Gasteiger partial charge in [0.05, 0.1) is 11.5 Å². The number of nitrogens with zero attached hydrogens (tertiary/aromatic N) is 6. The number of hydrogen-bond donors (Lipinski definition) is 0. The summed E-state index contributed by atoms with van der Waals surface area (Å²) in [5, 5.41) is 15.7. The molecule has 0 amide bonds. The molecule has 3 heterocycles. The molecule has 124 valence electrons. The molecular weight excluding hydrogens is 336 g/mol. The van der Waals surface area contributed by atoms with Crippen LogP contribution in [0.3, 0.4) is 0 Å². The van der Waals surface area contributed by atoms with Crippen LogP contribution < -0.4 is 5.56 Å². The third-order valence-corrected chi connectivity index (χ3v) is 3.87. The molecule has 0 atom stereocenters. The fourth-order valence-electron chi connectivity index (χ4n) is 2.42. The average Bonchev–Trinajstić information content (AvgIpc) is 2.97. The molecule has 0 aliphatic carbocycles. The van der Waals surface area contributed by atoms with E-state index in [9.17, 15) is 14.9 Å². The molecule has 3 rings (SSSR count). The van der Waals surface area contributed by atoms with E-state index < -0.39 is 16.2 Å². The Labute approximate surface area is 140 Å². The lowest BCUT2D eigenvalue weighted by Crippen LogP contribution is -2.25. The van der Waals surface area contributed by atoms with Crippen molar-refractivity contribution in [1.29, 1.82) is 0 Å². The van der Waals surface area contributed by atoms with Gasteiger partial charge in [-0.2, -0.15) is 9.50 Å². The lowest BCUT2D eigenvalue weighted by atomic mass is 10.2. The van der Waals surface area contributed by atoms with E-state index in [-0.39, 0.29) is 18.0 Å². The van der Waals surface area contributed by atoms with Crippen molar-refractivity contribution in [2.24, 2.45) is 0 Å². The Morgan fingerprint density at radius 1 is 1.38 bits per heavy atom. The molecule has 0 aromatic carbocycles. The standard InChI is InChI=1S/C14H13ClN6O3/c1-3-11-17-14-19(7-9-4-5-10(15)16-6-9)8(2)12(21(23)24)13(22)20(14)18-11/h4-6H,3,7H2,1-2H3. The first-order valence-electron chi connectivity index (χ1n) is 7.16. The van der Waals surface area contributed by atoms with Crippen LogP contribution in [0.1, 0.15) is 24.0 Å². The Kier molecular flexibility index (Phi) is 4.02. The Hall–Kier alpha value is -2.81. The van der Waals surface area contributed by atoms with E-state index in [2.05, 4.69) is 15.1 Å². The molecule has 0 radical (unpaired) electrons. The largest absolute Gasteiger partial charge is 0.355 e. The molecule has 0 unspecified atom stereocenters. The normalized spacial score (nSPS) is 11.1. The van der Waals surface area contributed by atoms with Crippen LogP contribution in [0.2, 0.25) is 5.15 Å². The molecule has 0 fully saturated rings. The fourth-order valence-corrected chi connectivity index (χ4v) is 2.53. The molecule has 10 heteroatoms. The topological polar surface area (TPSA) is 108 Å². The minimum Gasteiger partial charge on any atom is -0.303 e. The number of pyridine rings is 1. The van der Waals surface area contributed by atoms with Gasteiger partial charge < -0.3 is 4.57 Å². The first-order chi connectivity index (χ1) is 11.4. The highest BCUT2D eigenvalue weighted by molar-refractivity contribution is 6.29. The Balaban J connectivity index is 2.28. The van der Waals surface area contributed by atoms with E-state index in [0.717, 1.165) is 10.1 Å². The summed E-state index contributed by atoms with van der Waals surface area (Å²) in [6.45, 7) is 3.61. The number of halogens is 1. The minimum atomic E-state index is -0.787. The molecule has 0 aliphatic heterocycles. The lowest BCUT2D eigenvalue weighted by molar-refractivity contribution is -0.387. The van der Waals surface area contributed by atoms with Gasteiger partial charge in [-0.3, -0.25) is 14.9 Å². The van der Waals surface area contributed by atoms with Gasteiger partial charge in [0.2, 0.25) is 5.78 Å². The quantitative estimate of drug-likeness (QED) is 0.404. The van der Waals surface area contributed by atoms with E-state index in [1.807, 2.05) is 6.92 Å². The van der Waals surface area contributed by atoms with Gasteiger partial charge in [-0.05, 0) is 18.6 Å². The Morgan fingerprint density at radius 2 is 2.12 bits per heavy atom. The van der Waals surface area contributed by atoms with Crippen molar-refractivity contribution in [3.05, 3.63) is 61.0 Å². The molecule has 0 saturated heterocycles. The summed E-state index contributed by atoms with van der Waals surface area (Å²) in [6.07, 6.45) is 2.08. The zero-order chi connectivity index (χ0) is 17.4. The molecule has 0 N–H and O–H groups in total. The van der Waals surface area contributed by atoms with E-state index in [4.69, 9.17) is 11.6 Å². The van der Waals surface area contributed by atoms with E-state index in [0.29, 0.717) is 17.4 Å². The third kappa shape index (κ3) is 2.62. The van der Waals surface area contributed by atoms with Gasteiger partial charge >= 0.3 is 11.2 Å². The maximum Gasteiger partial charge on any atom is 0.355 e. The zero-order valence-corrected chi connectivity index (χ0v) is 13.7. The van der Waals surface area contributed by atoms with Crippen LogP contribution in [0.5, 0.6) is 0 Å². The smallest absolute Gasteiger partial charge is 0.303 e. The van der Waals surface area contributed by atoms with Crippen LogP contribution in [0.15, 0.2) is 23.1 Å². The van der Waals surface area contributed by atoms with Crippen molar-refractivity contribution >= 4 is 23.1 Å². The second-order valence-corrected chi connectivity index (χ2v) is 5.55.